The second-order valence-corrected chi connectivity index (χ2v) is 7.56. The van der Waals surface area contributed by atoms with E-state index >= 15 is 0 Å². The van der Waals surface area contributed by atoms with Crippen LogP contribution in [0.3, 0.4) is 0 Å². The van der Waals surface area contributed by atoms with Gasteiger partial charge in [-0.05, 0) is 56.2 Å². The van der Waals surface area contributed by atoms with Gasteiger partial charge in [0.15, 0.2) is 0 Å². The summed E-state index contributed by atoms with van der Waals surface area (Å²) >= 11 is 0. The third kappa shape index (κ3) is 12.5. The molecule has 0 fully saturated rings. The van der Waals surface area contributed by atoms with Crippen LogP contribution in [0.25, 0.3) is 0 Å². The maximum Gasteiger partial charge on any atom is 0.122 e. The lowest BCUT2D eigenvalue weighted by molar-refractivity contribution is 0.393. The summed E-state index contributed by atoms with van der Waals surface area (Å²) in [5, 5.41) is 0. The van der Waals surface area contributed by atoms with E-state index in [1.165, 1.54) is 89.0 Å². The van der Waals surface area contributed by atoms with Crippen molar-refractivity contribution in [2.45, 2.75) is 96.8 Å². The van der Waals surface area contributed by atoms with Gasteiger partial charge in [-0.1, -0.05) is 70.4 Å². The van der Waals surface area contributed by atoms with Gasteiger partial charge in [-0.2, -0.15) is 0 Å². The SMILES string of the molecule is CCCCCC/C=C\CCCCCCCCCc1cc(OC)cc(OC)c1. The molecule has 0 bridgehead atoms. The molecule has 0 spiro atoms. The highest BCUT2D eigenvalue weighted by atomic mass is 16.5. The van der Waals surface area contributed by atoms with Crippen LogP contribution in [-0.2, 0) is 6.42 Å². The Morgan fingerprint density at radius 2 is 1.11 bits per heavy atom. The first-order valence-corrected chi connectivity index (χ1v) is 11.2. The fourth-order valence-electron chi connectivity index (χ4n) is 3.41. The van der Waals surface area contributed by atoms with Crippen molar-refractivity contribution < 1.29 is 9.47 Å². The first-order valence-electron chi connectivity index (χ1n) is 11.2. The normalized spacial score (nSPS) is 11.2. The summed E-state index contributed by atoms with van der Waals surface area (Å²) in [7, 11) is 3.42. The average molecular weight is 375 g/mol. The molecule has 27 heavy (non-hydrogen) atoms. The van der Waals surface area contributed by atoms with Crippen LogP contribution in [0.15, 0.2) is 30.4 Å². The molecule has 154 valence electrons. The zero-order chi connectivity index (χ0) is 19.6. The zero-order valence-electron chi connectivity index (χ0n) is 18.1. The number of methoxy groups -OCH3 is 2. The molecule has 0 aliphatic carbocycles. The van der Waals surface area contributed by atoms with Gasteiger partial charge in [0.1, 0.15) is 11.5 Å². The fraction of sp³-hybridized carbons (Fsp3) is 0.680. The molecular formula is C25H42O2. The number of hydrogen-bond donors (Lipinski definition) is 0. The highest BCUT2D eigenvalue weighted by Gasteiger charge is 2.02. The van der Waals surface area contributed by atoms with Crippen LogP contribution in [0.4, 0.5) is 0 Å². The largest absolute Gasteiger partial charge is 0.497 e. The molecule has 0 saturated heterocycles. The lowest BCUT2D eigenvalue weighted by atomic mass is 10.0. The Balaban J connectivity index is 1.95. The van der Waals surface area contributed by atoms with E-state index in [0.717, 1.165) is 17.9 Å². The Bertz CT molecular complexity index is 471. The minimum Gasteiger partial charge on any atom is -0.497 e. The minimum absolute atomic E-state index is 0.888. The van der Waals surface area contributed by atoms with Crippen molar-refractivity contribution in [1.29, 1.82) is 0 Å². The van der Waals surface area contributed by atoms with Crippen molar-refractivity contribution in [2.24, 2.45) is 0 Å². The topological polar surface area (TPSA) is 18.5 Å². The van der Waals surface area contributed by atoms with Crippen molar-refractivity contribution >= 4 is 0 Å². The van der Waals surface area contributed by atoms with E-state index in [4.69, 9.17) is 9.47 Å². The first kappa shape index (κ1) is 23.6. The van der Waals surface area contributed by atoms with Gasteiger partial charge in [0, 0.05) is 6.07 Å². The van der Waals surface area contributed by atoms with E-state index in [2.05, 4.69) is 31.2 Å². The molecule has 0 heterocycles. The summed E-state index contributed by atoms with van der Waals surface area (Å²) in [5.74, 6) is 1.78. The van der Waals surface area contributed by atoms with Gasteiger partial charge in [-0.25, -0.2) is 0 Å². The van der Waals surface area contributed by atoms with E-state index in [1.54, 1.807) is 14.2 Å². The molecule has 0 radical (unpaired) electrons. The van der Waals surface area contributed by atoms with Crippen molar-refractivity contribution in [3.8, 4) is 11.5 Å². The maximum absolute atomic E-state index is 5.34. The molecule has 1 aromatic rings. The second-order valence-electron chi connectivity index (χ2n) is 7.56. The second kappa shape index (κ2) is 16.7. The number of allylic oxidation sites excluding steroid dienone is 2. The molecule has 0 N–H and O–H groups in total. The maximum atomic E-state index is 5.34. The van der Waals surface area contributed by atoms with Crippen LogP contribution in [0, 0.1) is 0 Å². The number of benzene rings is 1. The fourth-order valence-corrected chi connectivity index (χ4v) is 3.41. The monoisotopic (exact) mass is 374 g/mol. The Morgan fingerprint density at radius 1 is 0.630 bits per heavy atom. The molecule has 1 aromatic carbocycles. The quantitative estimate of drug-likeness (QED) is 0.204. The third-order valence-corrected chi connectivity index (χ3v) is 5.14. The van der Waals surface area contributed by atoms with Gasteiger partial charge in [-0.3, -0.25) is 0 Å². The Kier molecular flexibility index (Phi) is 14.6. The van der Waals surface area contributed by atoms with Gasteiger partial charge in [0.05, 0.1) is 14.2 Å². The minimum atomic E-state index is 0.888. The molecule has 0 aliphatic rings. The number of aryl methyl sites for hydroxylation is 1. The predicted molar refractivity (Wildman–Crippen MR) is 118 cm³/mol. The zero-order valence-corrected chi connectivity index (χ0v) is 18.1. The van der Waals surface area contributed by atoms with Crippen molar-refractivity contribution in [2.75, 3.05) is 14.2 Å². The number of rotatable bonds is 17. The lowest BCUT2D eigenvalue weighted by Gasteiger charge is -2.08. The summed E-state index contributed by atoms with van der Waals surface area (Å²) in [4.78, 5) is 0. The smallest absolute Gasteiger partial charge is 0.122 e. The van der Waals surface area contributed by atoms with Gasteiger partial charge >= 0.3 is 0 Å². The Labute approximate surface area is 168 Å². The summed E-state index contributed by atoms with van der Waals surface area (Å²) in [6.45, 7) is 2.27. The van der Waals surface area contributed by atoms with E-state index in [-0.39, 0.29) is 0 Å². The van der Waals surface area contributed by atoms with E-state index < -0.39 is 0 Å². The number of unbranched alkanes of at least 4 members (excludes halogenated alkanes) is 11. The molecule has 0 aromatic heterocycles. The highest BCUT2D eigenvalue weighted by Crippen LogP contribution is 2.23. The van der Waals surface area contributed by atoms with E-state index in [0.29, 0.717) is 0 Å². The summed E-state index contributed by atoms with van der Waals surface area (Å²) in [5.41, 5.74) is 1.31. The van der Waals surface area contributed by atoms with Crippen LogP contribution in [-0.4, -0.2) is 14.2 Å². The summed E-state index contributed by atoms with van der Waals surface area (Å²) in [6.07, 6.45) is 23.4. The molecule has 1 rings (SSSR count). The van der Waals surface area contributed by atoms with Crippen LogP contribution in [0.1, 0.15) is 96.0 Å². The van der Waals surface area contributed by atoms with Crippen LogP contribution in [0.5, 0.6) is 11.5 Å². The lowest BCUT2D eigenvalue weighted by Crippen LogP contribution is -1.92. The van der Waals surface area contributed by atoms with Crippen LogP contribution in [0.2, 0.25) is 0 Å². The van der Waals surface area contributed by atoms with Crippen LogP contribution >= 0.6 is 0 Å². The third-order valence-electron chi connectivity index (χ3n) is 5.14. The molecule has 0 atom stereocenters. The average Bonchev–Trinajstić information content (AvgIpc) is 2.70. The summed E-state index contributed by atoms with van der Waals surface area (Å²) < 4.78 is 10.7. The van der Waals surface area contributed by atoms with Gasteiger partial charge in [0.25, 0.3) is 0 Å². The number of ether oxygens (including phenoxy) is 2. The Hall–Kier alpha value is -1.44. The van der Waals surface area contributed by atoms with Crippen LogP contribution < -0.4 is 9.47 Å². The molecule has 0 amide bonds. The predicted octanol–water partition coefficient (Wildman–Crippen LogP) is 7.89. The molecule has 0 aliphatic heterocycles. The van der Waals surface area contributed by atoms with Gasteiger partial charge < -0.3 is 9.47 Å². The summed E-state index contributed by atoms with van der Waals surface area (Å²) in [6, 6.07) is 6.19. The molecule has 2 heteroatoms. The van der Waals surface area contributed by atoms with E-state index in [1.807, 2.05) is 6.07 Å². The molecular weight excluding hydrogens is 332 g/mol. The number of hydrogen-bond acceptors (Lipinski definition) is 2. The Morgan fingerprint density at radius 3 is 1.63 bits per heavy atom. The first-order chi connectivity index (χ1) is 13.3. The van der Waals surface area contributed by atoms with Gasteiger partial charge in [0.2, 0.25) is 0 Å². The van der Waals surface area contributed by atoms with Crippen molar-refractivity contribution in [3.63, 3.8) is 0 Å². The molecule has 0 unspecified atom stereocenters. The molecule has 2 nitrogen and oxygen atoms in total. The van der Waals surface area contributed by atoms with Crippen molar-refractivity contribution in [1.82, 2.24) is 0 Å². The van der Waals surface area contributed by atoms with E-state index in [9.17, 15) is 0 Å². The van der Waals surface area contributed by atoms with Gasteiger partial charge in [-0.15, -0.1) is 0 Å². The highest BCUT2D eigenvalue weighted by molar-refractivity contribution is 5.38. The van der Waals surface area contributed by atoms with Crippen molar-refractivity contribution in [3.05, 3.63) is 35.9 Å². The molecule has 0 saturated carbocycles. The standard InChI is InChI=1S/C25H42O2/c1-4-5-6-7-8-9-10-11-12-13-14-15-16-17-18-19-23-20-24(26-2)22-25(21-23)27-3/h9-10,20-22H,4-8,11-19H2,1-3H3/b10-9-.